The Morgan fingerprint density at radius 1 is 1.46 bits per heavy atom. The van der Waals surface area contributed by atoms with Crippen LogP contribution in [0.3, 0.4) is 0 Å². The molecule has 0 spiro atoms. The fraction of sp³-hybridized carbons (Fsp3) is 0.900. The van der Waals surface area contributed by atoms with E-state index in [9.17, 15) is 0 Å². The average molecular weight is 181 g/mol. The third-order valence-electron chi connectivity index (χ3n) is 2.85. The number of rotatable bonds is 3. The Hall–Kier alpha value is -0.590. The molecule has 0 aliphatic heterocycles. The first kappa shape index (κ1) is 10.5. The molecule has 1 atom stereocenters. The number of nitriles is 1. The maximum absolute atomic E-state index is 8.58. The van der Waals surface area contributed by atoms with Crippen molar-refractivity contribution in [1.29, 1.82) is 5.26 Å². The molecule has 1 unspecified atom stereocenters. The van der Waals surface area contributed by atoms with Crippen LogP contribution in [0.25, 0.3) is 0 Å². The Morgan fingerprint density at radius 2 is 2.08 bits per heavy atom. The van der Waals surface area contributed by atoms with Crippen LogP contribution in [0, 0.1) is 11.3 Å². The minimum Gasteiger partial charge on any atom is -0.315 e. The van der Waals surface area contributed by atoms with Gasteiger partial charge < -0.3 is 10.6 Å². The highest BCUT2D eigenvalue weighted by Gasteiger charge is 2.19. The van der Waals surface area contributed by atoms with Crippen molar-refractivity contribution in [3.8, 4) is 6.07 Å². The highest BCUT2D eigenvalue weighted by atomic mass is 15.1. The summed E-state index contributed by atoms with van der Waals surface area (Å²) in [7, 11) is 2.08. The summed E-state index contributed by atoms with van der Waals surface area (Å²) in [6, 6.07) is 2.40. The van der Waals surface area contributed by atoms with E-state index < -0.39 is 0 Å². The molecule has 13 heavy (non-hydrogen) atoms. The zero-order valence-corrected chi connectivity index (χ0v) is 8.37. The van der Waals surface area contributed by atoms with Gasteiger partial charge in [-0.3, -0.25) is 0 Å². The maximum Gasteiger partial charge on any atom is 0.106 e. The fourth-order valence-corrected chi connectivity index (χ4v) is 2.02. The van der Waals surface area contributed by atoms with Crippen LogP contribution in [0.1, 0.15) is 32.1 Å². The molecule has 0 saturated heterocycles. The van der Waals surface area contributed by atoms with Crippen molar-refractivity contribution in [2.24, 2.45) is 5.73 Å². The number of nitrogens with two attached hydrogens (primary N) is 1. The molecule has 3 heteroatoms. The van der Waals surface area contributed by atoms with Crippen LogP contribution in [-0.4, -0.2) is 30.6 Å². The Balaban J connectivity index is 2.29. The number of likely N-dealkylation sites (N-methyl/N-ethyl adjacent to an activating group) is 1. The quantitative estimate of drug-likeness (QED) is 0.709. The summed E-state index contributed by atoms with van der Waals surface area (Å²) in [5.74, 6) is 0. The van der Waals surface area contributed by atoms with Gasteiger partial charge in [0.25, 0.3) is 0 Å². The number of hydrogen-bond donors (Lipinski definition) is 1. The second-order valence-electron chi connectivity index (χ2n) is 3.97. The summed E-state index contributed by atoms with van der Waals surface area (Å²) < 4.78 is 0. The predicted molar refractivity (Wildman–Crippen MR) is 53.1 cm³/mol. The molecule has 0 aromatic heterocycles. The smallest absolute Gasteiger partial charge is 0.106 e. The third kappa shape index (κ3) is 3.33. The summed E-state index contributed by atoms with van der Waals surface area (Å²) >= 11 is 0. The van der Waals surface area contributed by atoms with Gasteiger partial charge in [-0.2, -0.15) is 5.26 Å². The molecule has 0 aromatic carbocycles. The van der Waals surface area contributed by atoms with Gasteiger partial charge in [0.2, 0.25) is 0 Å². The molecule has 1 rings (SSSR count). The zero-order chi connectivity index (χ0) is 9.68. The Kier molecular flexibility index (Phi) is 4.20. The second-order valence-corrected chi connectivity index (χ2v) is 3.97. The van der Waals surface area contributed by atoms with Crippen molar-refractivity contribution >= 4 is 0 Å². The van der Waals surface area contributed by atoms with Gasteiger partial charge in [-0.1, -0.05) is 19.3 Å². The number of hydrogen-bond acceptors (Lipinski definition) is 3. The fourth-order valence-electron chi connectivity index (χ4n) is 2.02. The largest absolute Gasteiger partial charge is 0.315 e. The molecule has 0 aromatic rings. The van der Waals surface area contributed by atoms with Crippen LogP contribution < -0.4 is 5.73 Å². The Morgan fingerprint density at radius 3 is 2.62 bits per heavy atom. The van der Waals surface area contributed by atoms with E-state index in [1.54, 1.807) is 0 Å². The monoisotopic (exact) mass is 181 g/mol. The molecule has 0 radical (unpaired) electrons. The van der Waals surface area contributed by atoms with Crippen molar-refractivity contribution in [2.75, 3.05) is 13.6 Å². The van der Waals surface area contributed by atoms with Gasteiger partial charge in [-0.05, 0) is 19.9 Å². The summed E-state index contributed by atoms with van der Waals surface area (Å²) in [5.41, 5.74) is 5.58. The second kappa shape index (κ2) is 5.21. The molecule has 2 N–H and O–H groups in total. The van der Waals surface area contributed by atoms with E-state index in [1.807, 2.05) is 0 Å². The van der Waals surface area contributed by atoms with E-state index in [0.29, 0.717) is 12.6 Å². The molecule has 0 amide bonds. The lowest BCUT2D eigenvalue weighted by Gasteiger charge is -2.31. The topological polar surface area (TPSA) is 53.0 Å². The van der Waals surface area contributed by atoms with Crippen molar-refractivity contribution < 1.29 is 0 Å². The lowest BCUT2D eigenvalue weighted by atomic mass is 9.94. The minimum atomic E-state index is -0.327. The predicted octanol–water partition coefficient (Wildman–Crippen LogP) is 1.10. The van der Waals surface area contributed by atoms with Crippen LogP contribution in [0.2, 0.25) is 0 Å². The first-order chi connectivity index (χ1) is 6.24. The van der Waals surface area contributed by atoms with E-state index in [2.05, 4.69) is 18.0 Å². The molecule has 1 fully saturated rings. The maximum atomic E-state index is 8.58. The highest BCUT2D eigenvalue weighted by Crippen LogP contribution is 2.21. The van der Waals surface area contributed by atoms with Crippen LogP contribution >= 0.6 is 0 Å². The Bertz CT molecular complexity index is 179. The van der Waals surface area contributed by atoms with Crippen LogP contribution in [0.5, 0.6) is 0 Å². The summed E-state index contributed by atoms with van der Waals surface area (Å²) in [4.78, 5) is 2.24. The van der Waals surface area contributed by atoms with Crippen molar-refractivity contribution in [2.45, 2.75) is 44.2 Å². The van der Waals surface area contributed by atoms with E-state index in [0.717, 1.165) is 0 Å². The molecule has 1 aliphatic carbocycles. The molecule has 3 nitrogen and oxygen atoms in total. The Labute approximate surface area is 80.5 Å². The summed E-state index contributed by atoms with van der Waals surface area (Å²) in [6.07, 6.45) is 6.57. The van der Waals surface area contributed by atoms with E-state index in [-0.39, 0.29) is 6.04 Å². The molecule has 0 bridgehead atoms. The third-order valence-corrected chi connectivity index (χ3v) is 2.85. The van der Waals surface area contributed by atoms with Gasteiger partial charge in [0, 0.05) is 12.6 Å². The molecule has 74 valence electrons. The lowest BCUT2D eigenvalue weighted by molar-refractivity contribution is 0.189. The van der Waals surface area contributed by atoms with Crippen molar-refractivity contribution in [1.82, 2.24) is 4.90 Å². The minimum absolute atomic E-state index is 0.327. The van der Waals surface area contributed by atoms with Gasteiger partial charge in [0.1, 0.15) is 6.04 Å². The summed E-state index contributed by atoms with van der Waals surface area (Å²) in [6.45, 7) is 0.709. The van der Waals surface area contributed by atoms with Crippen molar-refractivity contribution in [3.63, 3.8) is 0 Å². The van der Waals surface area contributed by atoms with Gasteiger partial charge in [0.15, 0.2) is 0 Å². The van der Waals surface area contributed by atoms with Gasteiger partial charge >= 0.3 is 0 Å². The molecule has 0 heterocycles. The highest BCUT2D eigenvalue weighted by molar-refractivity contribution is 4.90. The van der Waals surface area contributed by atoms with E-state index in [1.165, 1.54) is 32.1 Å². The van der Waals surface area contributed by atoms with Crippen LogP contribution in [0.4, 0.5) is 0 Å². The molecule has 1 aliphatic rings. The zero-order valence-electron chi connectivity index (χ0n) is 8.37. The normalized spacial score (nSPS) is 21.4. The lowest BCUT2D eigenvalue weighted by Crippen LogP contribution is -2.41. The molecular formula is C10H19N3. The molecular weight excluding hydrogens is 162 g/mol. The van der Waals surface area contributed by atoms with Crippen LogP contribution in [0.15, 0.2) is 0 Å². The van der Waals surface area contributed by atoms with Crippen molar-refractivity contribution in [3.05, 3.63) is 0 Å². The first-order valence-electron chi connectivity index (χ1n) is 5.09. The van der Waals surface area contributed by atoms with E-state index >= 15 is 0 Å². The van der Waals surface area contributed by atoms with Gasteiger partial charge in [-0.25, -0.2) is 0 Å². The van der Waals surface area contributed by atoms with Crippen LogP contribution in [-0.2, 0) is 0 Å². The van der Waals surface area contributed by atoms with Gasteiger partial charge in [-0.15, -0.1) is 0 Å². The average Bonchev–Trinajstić information content (AvgIpc) is 2.19. The van der Waals surface area contributed by atoms with Gasteiger partial charge in [0.05, 0.1) is 6.07 Å². The standard InChI is InChI=1S/C10H19N3/c1-13(8-9(12)7-11)10-5-3-2-4-6-10/h9-10H,2-6,8,12H2,1H3. The number of nitrogens with zero attached hydrogens (tertiary/aromatic N) is 2. The first-order valence-corrected chi connectivity index (χ1v) is 5.09. The SMILES string of the molecule is CN(CC(N)C#N)C1CCCCC1. The van der Waals surface area contributed by atoms with E-state index in [4.69, 9.17) is 11.0 Å². The summed E-state index contributed by atoms with van der Waals surface area (Å²) in [5, 5.41) is 8.58. The molecule has 1 saturated carbocycles.